The predicted molar refractivity (Wildman–Crippen MR) is 91.2 cm³/mol. The Morgan fingerprint density at radius 1 is 1.00 bits per heavy atom. The van der Waals surface area contributed by atoms with Crippen molar-refractivity contribution in [1.29, 1.82) is 0 Å². The van der Waals surface area contributed by atoms with Crippen LogP contribution in [0.2, 0.25) is 0 Å². The molecule has 0 unspecified atom stereocenters. The fraction of sp³-hybridized carbons (Fsp3) is 0.400. The quantitative estimate of drug-likeness (QED) is 0.765. The van der Waals surface area contributed by atoms with Crippen LogP contribution < -0.4 is 4.74 Å². The van der Waals surface area contributed by atoms with Gasteiger partial charge in [0.1, 0.15) is 0 Å². The first-order valence-corrected chi connectivity index (χ1v) is 8.36. The Hall–Kier alpha value is -2.16. The smallest absolute Gasteiger partial charge is 0.315 e. The predicted octanol–water partition coefficient (Wildman–Crippen LogP) is 4.79. The van der Waals surface area contributed by atoms with Gasteiger partial charge in [-0.05, 0) is 50.2 Å². The Labute approximate surface area is 137 Å². The number of nitrogens with zero attached hydrogens (tertiary/aromatic N) is 1. The second-order valence-electron chi connectivity index (χ2n) is 6.63. The molecule has 1 aliphatic rings. The van der Waals surface area contributed by atoms with Gasteiger partial charge < -0.3 is 4.74 Å². The summed E-state index contributed by atoms with van der Waals surface area (Å²) in [6, 6.07) is 12.0. The Kier molecular flexibility index (Phi) is 4.75. The summed E-state index contributed by atoms with van der Waals surface area (Å²) in [7, 11) is 0. The molecule has 1 aromatic carbocycles. The highest BCUT2D eigenvalue weighted by Crippen LogP contribution is 2.29. The fourth-order valence-corrected chi connectivity index (χ4v) is 3.04. The summed E-state index contributed by atoms with van der Waals surface area (Å²) in [5.41, 5.74) is 3.37. The minimum absolute atomic E-state index is 0.0322. The monoisotopic (exact) mass is 309 g/mol. The standard InChI is InChI=1S/C20H23NO2/c1-14-3-7-16(8-4-14)18-11-12-19(21-13-18)23-20(22)17-9-5-15(2)6-10-17/h3-4,7-8,11-13,15,17H,5-6,9-10H2,1-2H3. The molecule has 0 radical (unpaired) electrons. The molecule has 3 heteroatoms. The normalized spacial score (nSPS) is 21.0. The molecule has 0 spiro atoms. The number of carbonyl (C=O) groups excluding carboxylic acids is 1. The Morgan fingerprint density at radius 3 is 2.26 bits per heavy atom. The molecule has 2 aromatic rings. The first kappa shape index (κ1) is 15.7. The molecule has 3 nitrogen and oxygen atoms in total. The second-order valence-corrected chi connectivity index (χ2v) is 6.63. The van der Waals surface area contributed by atoms with Crippen molar-refractivity contribution >= 4 is 5.97 Å². The summed E-state index contributed by atoms with van der Waals surface area (Å²) in [5, 5.41) is 0. The third-order valence-corrected chi connectivity index (χ3v) is 4.68. The van der Waals surface area contributed by atoms with Crippen molar-refractivity contribution in [2.75, 3.05) is 0 Å². The summed E-state index contributed by atoms with van der Waals surface area (Å²) >= 11 is 0. The molecule has 1 aromatic heterocycles. The highest BCUT2D eigenvalue weighted by Gasteiger charge is 2.26. The number of hydrogen-bond donors (Lipinski definition) is 0. The van der Waals surface area contributed by atoms with Gasteiger partial charge in [0.25, 0.3) is 0 Å². The Balaban J connectivity index is 1.63. The van der Waals surface area contributed by atoms with Crippen LogP contribution in [0.5, 0.6) is 5.88 Å². The van der Waals surface area contributed by atoms with Crippen LogP contribution in [0.15, 0.2) is 42.6 Å². The van der Waals surface area contributed by atoms with Crippen molar-refractivity contribution in [3.05, 3.63) is 48.2 Å². The maximum atomic E-state index is 12.2. The summed E-state index contributed by atoms with van der Waals surface area (Å²) in [5.74, 6) is 1.02. The zero-order valence-corrected chi connectivity index (χ0v) is 13.8. The molecule has 0 N–H and O–H groups in total. The number of aryl methyl sites for hydroxylation is 1. The van der Waals surface area contributed by atoms with Crippen molar-refractivity contribution in [1.82, 2.24) is 4.98 Å². The van der Waals surface area contributed by atoms with Crippen LogP contribution in [-0.4, -0.2) is 11.0 Å². The van der Waals surface area contributed by atoms with E-state index in [1.165, 1.54) is 5.56 Å². The molecule has 3 rings (SSSR count). The van der Waals surface area contributed by atoms with E-state index in [1.807, 2.05) is 6.07 Å². The van der Waals surface area contributed by atoms with Gasteiger partial charge in [0.15, 0.2) is 0 Å². The third kappa shape index (κ3) is 3.98. The minimum Gasteiger partial charge on any atom is -0.407 e. The molecule has 0 aliphatic heterocycles. The lowest BCUT2D eigenvalue weighted by atomic mass is 9.83. The maximum absolute atomic E-state index is 12.2. The number of hydrogen-bond acceptors (Lipinski definition) is 3. The molecule has 23 heavy (non-hydrogen) atoms. The van der Waals surface area contributed by atoms with E-state index in [-0.39, 0.29) is 11.9 Å². The SMILES string of the molecule is Cc1ccc(-c2ccc(OC(=O)C3CCC(C)CC3)nc2)cc1. The zero-order valence-electron chi connectivity index (χ0n) is 13.8. The molecule has 0 amide bonds. The maximum Gasteiger partial charge on any atom is 0.315 e. The highest BCUT2D eigenvalue weighted by atomic mass is 16.5. The van der Waals surface area contributed by atoms with Crippen molar-refractivity contribution in [2.24, 2.45) is 11.8 Å². The summed E-state index contributed by atoms with van der Waals surface area (Å²) in [6.07, 6.45) is 5.85. The van der Waals surface area contributed by atoms with E-state index in [4.69, 9.17) is 4.74 Å². The summed E-state index contributed by atoms with van der Waals surface area (Å²) in [6.45, 7) is 4.31. The fourth-order valence-electron chi connectivity index (χ4n) is 3.04. The van der Waals surface area contributed by atoms with E-state index in [9.17, 15) is 4.79 Å². The van der Waals surface area contributed by atoms with Gasteiger partial charge >= 0.3 is 5.97 Å². The minimum atomic E-state index is -0.132. The van der Waals surface area contributed by atoms with E-state index in [1.54, 1.807) is 12.3 Å². The second kappa shape index (κ2) is 6.95. The van der Waals surface area contributed by atoms with Gasteiger partial charge in [-0.15, -0.1) is 0 Å². The number of aromatic nitrogens is 1. The van der Waals surface area contributed by atoms with Gasteiger partial charge in [-0.1, -0.05) is 36.8 Å². The largest absolute Gasteiger partial charge is 0.407 e. The molecule has 1 heterocycles. The van der Waals surface area contributed by atoms with Crippen LogP contribution in [0.3, 0.4) is 0 Å². The van der Waals surface area contributed by atoms with Gasteiger partial charge in [-0.25, -0.2) is 4.98 Å². The molecular weight excluding hydrogens is 286 g/mol. The van der Waals surface area contributed by atoms with Gasteiger partial charge in [0.2, 0.25) is 5.88 Å². The number of rotatable bonds is 3. The average Bonchev–Trinajstić information content (AvgIpc) is 2.57. The molecule has 0 bridgehead atoms. The first-order chi connectivity index (χ1) is 11.1. The molecule has 1 fully saturated rings. The molecule has 1 aliphatic carbocycles. The van der Waals surface area contributed by atoms with Crippen LogP contribution in [0.4, 0.5) is 0 Å². The summed E-state index contributed by atoms with van der Waals surface area (Å²) < 4.78 is 5.45. The molecule has 120 valence electrons. The van der Waals surface area contributed by atoms with E-state index in [2.05, 4.69) is 43.1 Å². The van der Waals surface area contributed by atoms with Crippen molar-refractivity contribution in [3.63, 3.8) is 0 Å². The van der Waals surface area contributed by atoms with Crippen LogP contribution in [0, 0.1) is 18.8 Å². The Morgan fingerprint density at radius 2 is 1.65 bits per heavy atom. The van der Waals surface area contributed by atoms with Crippen LogP contribution in [-0.2, 0) is 4.79 Å². The molecule has 0 atom stereocenters. The van der Waals surface area contributed by atoms with Crippen molar-refractivity contribution < 1.29 is 9.53 Å². The van der Waals surface area contributed by atoms with Gasteiger partial charge in [-0.3, -0.25) is 4.79 Å². The first-order valence-electron chi connectivity index (χ1n) is 8.36. The number of esters is 1. The molecule has 0 saturated heterocycles. The lowest BCUT2D eigenvalue weighted by molar-refractivity contribution is -0.140. The van der Waals surface area contributed by atoms with Crippen LogP contribution >= 0.6 is 0 Å². The zero-order chi connectivity index (χ0) is 16.2. The van der Waals surface area contributed by atoms with Crippen LogP contribution in [0.1, 0.15) is 38.2 Å². The average molecular weight is 309 g/mol. The summed E-state index contributed by atoms with van der Waals surface area (Å²) in [4.78, 5) is 16.5. The van der Waals surface area contributed by atoms with Crippen LogP contribution in [0.25, 0.3) is 11.1 Å². The van der Waals surface area contributed by atoms with Gasteiger partial charge in [0, 0.05) is 17.8 Å². The third-order valence-electron chi connectivity index (χ3n) is 4.68. The van der Waals surface area contributed by atoms with E-state index in [0.717, 1.165) is 42.7 Å². The molecule has 1 saturated carbocycles. The number of carbonyl (C=O) groups is 1. The van der Waals surface area contributed by atoms with E-state index >= 15 is 0 Å². The lowest BCUT2D eigenvalue weighted by Gasteiger charge is -2.24. The highest BCUT2D eigenvalue weighted by molar-refractivity contribution is 5.75. The topological polar surface area (TPSA) is 39.2 Å². The lowest BCUT2D eigenvalue weighted by Crippen LogP contribution is -2.25. The van der Waals surface area contributed by atoms with Gasteiger partial charge in [0.05, 0.1) is 5.92 Å². The number of benzene rings is 1. The number of pyridine rings is 1. The molecular formula is C20H23NO2. The van der Waals surface area contributed by atoms with Gasteiger partial charge in [-0.2, -0.15) is 0 Å². The number of ether oxygens (including phenoxy) is 1. The van der Waals surface area contributed by atoms with Crippen molar-refractivity contribution in [3.8, 4) is 17.0 Å². The Bertz CT molecular complexity index is 653. The van der Waals surface area contributed by atoms with E-state index < -0.39 is 0 Å². The van der Waals surface area contributed by atoms with E-state index in [0.29, 0.717) is 5.88 Å². The van der Waals surface area contributed by atoms with Crippen molar-refractivity contribution in [2.45, 2.75) is 39.5 Å².